The number of carbonyl (C=O) groups is 3. The third-order valence-corrected chi connectivity index (χ3v) is 8.52. The number of carbonyl (C=O) groups excluding carboxylic acids is 3. The Morgan fingerprint density at radius 2 is 1.90 bits per heavy atom. The van der Waals surface area contributed by atoms with Crippen LogP contribution in [0.5, 0.6) is 0 Å². The summed E-state index contributed by atoms with van der Waals surface area (Å²) in [6.45, 7) is 11.6. The van der Waals surface area contributed by atoms with Crippen molar-refractivity contribution in [1.82, 2.24) is 0 Å². The average Bonchev–Trinajstić information content (AvgIpc) is 2.92. The Hall–Kier alpha value is -2.11. The Bertz CT molecular complexity index is 912. The summed E-state index contributed by atoms with van der Waals surface area (Å²) in [4.78, 5) is 38.7. The lowest BCUT2D eigenvalue weighted by Crippen LogP contribution is -2.64. The van der Waals surface area contributed by atoms with Gasteiger partial charge in [0, 0.05) is 12.8 Å². The van der Waals surface area contributed by atoms with Crippen LogP contribution < -0.4 is 0 Å². The lowest BCUT2D eigenvalue weighted by molar-refractivity contribution is -0.177. The highest BCUT2D eigenvalue weighted by atomic mass is 16.8. The van der Waals surface area contributed by atoms with Crippen LogP contribution in [0.1, 0.15) is 48.0 Å². The summed E-state index contributed by atoms with van der Waals surface area (Å²) >= 11 is 0. The maximum atomic E-state index is 14.3. The monoisotopic (exact) mass is 400 g/mol. The smallest absolute Gasteiger partial charge is 0.453 e. The van der Waals surface area contributed by atoms with Gasteiger partial charge in [0.05, 0.1) is 5.41 Å². The minimum absolute atomic E-state index is 0.0669. The van der Waals surface area contributed by atoms with E-state index in [1.165, 1.54) is 6.92 Å². The van der Waals surface area contributed by atoms with E-state index in [0.717, 1.165) is 17.6 Å². The second-order valence-corrected chi connectivity index (χ2v) is 10.3. The van der Waals surface area contributed by atoms with Crippen LogP contribution >= 0.6 is 0 Å². The van der Waals surface area contributed by atoms with Crippen LogP contribution in [0.15, 0.2) is 23.3 Å². The van der Waals surface area contributed by atoms with Crippen LogP contribution in [0, 0.1) is 34.5 Å². The lowest BCUT2D eigenvalue weighted by Gasteiger charge is -2.47. The molecule has 1 heterocycles. The quantitative estimate of drug-likeness (QED) is 0.494. The summed E-state index contributed by atoms with van der Waals surface area (Å²) in [7, 11) is 0. The second-order valence-electron chi connectivity index (χ2n) is 10.3. The number of esters is 1. The zero-order valence-corrected chi connectivity index (χ0v) is 17.8. The number of fused-ring (bicyclic) bond motifs is 3. The van der Waals surface area contributed by atoms with Crippen LogP contribution in [0.2, 0.25) is 0 Å². The molecular weight excluding hydrogens is 372 g/mol. The van der Waals surface area contributed by atoms with Gasteiger partial charge in [0.15, 0.2) is 18.0 Å². The predicted octanol–water partition coefficient (Wildman–Crippen LogP) is 3.60. The van der Waals surface area contributed by atoms with Crippen LogP contribution in [-0.2, 0) is 23.8 Å². The minimum atomic E-state index is -1.38. The van der Waals surface area contributed by atoms with Crippen molar-refractivity contribution in [2.24, 2.45) is 34.5 Å². The average molecular weight is 400 g/mol. The molecule has 1 aliphatic heterocycles. The van der Waals surface area contributed by atoms with Gasteiger partial charge in [0.1, 0.15) is 0 Å². The molecule has 5 aliphatic rings. The molecule has 156 valence electrons. The first kappa shape index (κ1) is 18.9. The fraction of sp³-hybridized carbons (Fsp3) is 0.696. The fourth-order valence-electron chi connectivity index (χ4n) is 7.31. The largest absolute Gasteiger partial charge is 0.509 e. The number of ether oxygens (including phenoxy) is 3. The van der Waals surface area contributed by atoms with Gasteiger partial charge in [-0.15, -0.1) is 0 Å². The molecule has 2 spiro atoms. The molecule has 6 heteroatoms. The molecule has 8 atom stereocenters. The van der Waals surface area contributed by atoms with E-state index in [0.29, 0.717) is 5.92 Å². The Labute approximate surface area is 170 Å². The summed E-state index contributed by atoms with van der Waals surface area (Å²) in [5, 5.41) is 0. The molecule has 0 N–H and O–H groups in total. The van der Waals surface area contributed by atoms with Crippen LogP contribution in [-0.4, -0.2) is 35.7 Å². The molecule has 2 bridgehead atoms. The molecule has 0 aromatic carbocycles. The van der Waals surface area contributed by atoms with Crippen molar-refractivity contribution >= 4 is 17.9 Å². The van der Waals surface area contributed by atoms with Gasteiger partial charge in [-0.05, 0) is 54.6 Å². The number of hydrogen-bond acceptors (Lipinski definition) is 6. The summed E-state index contributed by atoms with van der Waals surface area (Å²) in [6, 6.07) is 0. The van der Waals surface area contributed by atoms with Gasteiger partial charge >= 0.3 is 12.1 Å². The molecule has 0 amide bonds. The van der Waals surface area contributed by atoms with Gasteiger partial charge in [-0.1, -0.05) is 32.9 Å². The maximum Gasteiger partial charge on any atom is 0.509 e. The molecule has 2 saturated carbocycles. The maximum absolute atomic E-state index is 14.3. The van der Waals surface area contributed by atoms with Gasteiger partial charge in [0.25, 0.3) is 0 Å². The highest BCUT2D eigenvalue weighted by molar-refractivity contribution is 5.96. The van der Waals surface area contributed by atoms with Gasteiger partial charge in [0.2, 0.25) is 5.60 Å². The van der Waals surface area contributed by atoms with E-state index in [1.54, 1.807) is 0 Å². The molecule has 0 aromatic heterocycles. The second kappa shape index (κ2) is 5.32. The van der Waals surface area contributed by atoms with Gasteiger partial charge < -0.3 is 14.2 Å². The normalized spacial score (nSPS) is 48.6. The molecular formula is C23H28O6. The van der Waals surface area contributed by atoms with Crippen molar-refractivity contribution in [2.75, 3.05) is 0 Å². The summed E-state index contributed by atoms with van der Waals surface area (Å²) in [5.74, 6) is -0.0537. The standard InChI is InChI=1S/C23H28O6/c1-10-7-14-16-15(21(16,5)6)8-12(3)22(17(14)25)9-11(2)19(27-13(4)24)23(22)18(10)28-20(26)29-23/h7,9,12,14-16,18-19H,8H2,1-6H3/t12-,14+,15?,16+,18-,19+,22+,23?/m1/s1. The number of allylic oxidation sites excluding steroid dienone is 1. The number of rotatable bonds is 1. The molecule has 0 aromatic rings. The molecule has 2 unspecified atom stereocenters. The van der Waals surface area contributed by atoms with E-state index in [1.807, 2.05) is 26.0 Å². The zero-order chi connectivity index (χ0) is 21.1. The highest BCUT2D eigenvalue weighted by Gasteiger charge is 2.80. The van der Waals surface area contributed by atoms with E-state index >= 15 is 0 Å². The molecule has 6 nitrogen and oxygen atoms in total. The lowest BCUT2D eigenvalue weighted by atomic mass is 9.59. The van der Waals surface area contributed by atoms with E-state index in [4.69, 9.17) is 14.2 Å². The predicted molar refractivity (Wildman–Crippen MR) is 103 cm³/mol. The van der Waals surface area contributed by atoms with Crippen LogP contribution in [0.3, 0.4) is 0 Å². The van der Waals surface area contributed by atoms with Crippen molar-refractivity contribution < 1.29 is 28.6 Å². The minimum Gasteiger partial charge on any atom is -0.453 e. The van der Waals surface area contributed by atoms with Crippen molar-refractivity contribution in [1.29, 1.82) is 0 Å². The van der Waals surface area contributed by atoms with Gasteiger partial charge in [-0.3, -0.25) is 9.59 Å². The summed E-state index contributed by atoms with van der Waals surface area (Å²) in [6.07, 6.45) is 2.37. The van der Waals surface area contributed by atoms with Crippen molar-refractivity contribution in [2.45, 2.75) is 65.8 Å². The number of hydrogen-bond donors (Lipinski definition) is 0. The van der Waals surface area contributed by atoms with Crippen molar-refractivity contribution in [3.63, 3.8) is 0 Å². The Morgan fingerprint density at radius 3 is 2.55 bits per heavy atom. The summed E-state index contributed by atoms with van der Waals surface area (Å²) in [5.41, 5.74) is -0.814. The van der Waals surface area contributed by atoms with E-state index < -0.39 is 35.3 Å². The van der Waals surface area contributed by atoms with Crippen LogP contribution in [0.25, 0.3) is 0 Å². The number of ketones is 1. The highest BCUT2D eigenvalue weighted by Crippen LogP contribution is 2.72. The molecule has 4 aliphatic carbocycles. The Morgan fingerprint density at radius 1 is 1.21 bits per heavy atom. The fourth-order valence-corrected chi connectivity index (χ4v) is 7.31. The van der Waals surface area contributed by atoms with Gasteiger partial charge in [-0.25, -0.2) is 4.79 Å². The van der Waals surface area contributed by atoms with Crippen molar-refractivity contribution in [3.05, 3.63) is 23.3 Å². The van der Waals surface area contributed by atoms with E-state index in [9.17, 15) is 14.4 Å². The SMILES string of the molecule is CC(=O)O[C@H]1C(C)=C[C@]23C(=O)[C@@H](C=C(C)[C@H]4OC(=O)OC412)[C@H]1C(C[C@H]3C)C1(C)C. The first-order valence-corrected chi connectivity index (χ1v) is 10.5. The Kier molecular flexibility index (Phi) is 3.47. The molecule has 1 saturated heterocycles. The summed E-state index contributed by atoms with van der Waals surface area (Å²) < 4.78 is 17.3. The van der Waals surface area contributed by atoms with Gasteiger partial charge in [-0.2, -0.15) is 0 Å². The zero-order valence-electron chi connectivity index (χ0n) is 17.8. The van der Waals surface area contributed by atoms with Crippen LogP contribution in [0.4, 0.5) is 4.79 Å². The van der Waals surface area contributed by atoms with Crippen molar-refractivity contribution in [3.8, 4) is 0 Å². The first-order valence-electron chi connectivity index (χ1n) is 10.5. The topological polar surface area (TPSA) is 78.9 Å². The third-order valence-electron chi connectivity index (χ3n) is 8.52. The first-order chi connectivity index (χ1) is 13.5. The molecule has 5 rings (SSSR count). The third kappa shape index (κ3) is 1.96. The van der Waals surface area contributed by atoms with E-state index in [-0.39, 0.29) is 29.0 Å². The number of Topliss-reactive ketones (excluding diaryl/α,β-unsaturated/α-hetero) is 1. The molecule has 29 heavy (non-hydrogen) atoms. The Balaban J connectivity index is 1.79. The van der Waals surface area contributed by atoms with E-state index in [2.05, 4.69) is 20.8 Å². The molecule has 0 radical (unpaired) electrons. The molecule has 3 fully saturated rings.